The first kappa shape index (κ1) is 33.8. The van der Waals surface area contributed by atoms with Crippen molar-refractivity contribution in [3.8, 4) is 42.5 Å². The minimum atomic E-state index is -4.99. The Morgan fingerprint density at radius 3 is 1.30 bits per heavy atom. The van der Waals surface area contributed by atoms with E-state index in [9.17, 15) is 63.2 Å². The van der Waals surface area contributed by atoms with Crippen molar-refractivity contribution >= 4 is 33.4 Å². The van der Waals surface area contributed by atoms with E-state index in [1.54, 1.807) is 30.3 Å². The summed E-state index contributed by atoms with van der Waals surface area (Å²) in [6, 6.07) is 14.8. The quantitative estimate of drug-likeness (QED) is 0.194. The number of nitriles is 7. The van der Waals surface area contributed by atoms with Gasteiger partial charge in [-0.05, 0) is 35.9 Å². The Balaban J connectivity index is 1.98. The van der Waals surface area contributed by atoms with Crippen LogP contribution in [0.2, 0.25) is 0 Å². The van der Waals surface area contributed by atoms with E-state index in [-0.39, 0.29) is 23.3 Å². The maximum absolute atomic E-state index is 15.5. The van der Waals surface area contributed by atoms with E-state index in [2.05, 4.69) is 0 Å². The van der Waals surface area contributed by atoms with Gasteiger partial charge in [0.25, 0.3) is 0 Å². The number of fused-ring (bicyclic) bond motifs is 2. The Bertz CT molecular complexity index is 2520. The molecule has 5 rings (SSSR count). The van der Waals surface area contributed by atoms with Crippen molar-refractivity contribution in [2.24, 2.45) is 0 Å². The minimum Gasteiger partial charge on any atom is -0.206 e. The number of hydrogen-bond donors (Lipinski definition) is 0. The summed E-state index contributed by atoms with van der Waals surface area (Å²) in [7, 11) is 0. The largest absolute Gasteiger partial charge is 0.416 e. The first-order valence-corrected chi connectivity index (χ1v) is 13.4. The topological polar surface area (TPSA) is 167 Å². The van der Waals surface area contributed by atoms with Gasteiger partial charge < -0.3 is 0 Å². The second-order valence-corrected chi connectivity index (χ2v) is 10.3. The molecule has 0 spiro atoms. The lowest BCUT2D eigenvalue weighted by Gasteiger charge is -2.14. The number of nitrogens with zero attached hydrogens (tertiary/aromatic N) is 7. The molecule has 50 heavy (non-hydrogen) atoms. The van der Waals surface area contributed by atoms with Crippen LogP contribution in [-0.2, 0) is 12.4 Å². The molecule has 0 radical (unpaired) electrons. The van der Waals surface area contributed by atoms with E-state index in [0.29, 0.717) is 24.3 Å². The summed E-state index contributed by atoms with van der Waals surface area (Å²) in [6.45, 7) is 0. The third kappa shape index (κ3) is 4.99. The smallest absolute Gasteiger partial charge is 0.206 e. The Hall–Kier alpha value is -7.51. The van der Waals surface area contributed by atoms with Crippen molar-refractivity contribution in [3.63, 3.8) is 0 Å². The molecule has 2 aliphatic carbocycles. The Labute approximate surface area is 275 Å². The van der Waals surface area contributed by atoms with Crippen molar-refractivity contribution in [3.05, 3.63) is 115 Å². The first-order valence-electron chi connectivity index (χ1n) is 13.4. The highest BCUT2D eigenvalue weighted by atomic mass is 19.4. The van der Waals surface area contributed by atoms with Crippen molar-refractivity contribution in [2.75, 3.05) is 0 Å². The van der Waals surface area contributed by atoms with E-state index in [1.165, 1.54) is 12.1 Å². The summed E-state index contributed by atoms with van der Waals surface area (Å²) in [5, 5.41) is 70.5. The molecular weight excluding hydrogens is 670 g/mol. The molecule has 3 aromatic carbocycles. The summed E-state index contributed by atoms with van der Waals surface area (Å²) in [4.78, 5) is 0. The Morgan fingerprint density at radius 2 is 0.920 bits per heavy atom. The molecular formula is C35H7F8N7. The van der Waals surface area contributed by atoms with Crippen LogP contribution in [0.15, 0.2) is 53.6 Å². The first-order chi connectivity index (χ1) is 23.6. The highest BCUT2D eigenvalue weighted by Crippen LogP contribution is 2.56. The summed E-state index contributed by atoms with van der Waals surface area (Å²) < 4.78 is 111. The molecule has 0 unspecified atom stereocenters. The molecule has 0 fully saturated rings. The van der Waals surface area contributed by atoms with Crippen LogP contribution in [0, 0.1) is 91.0 Å². The van der Waals surface area contributed by atoms with Crippen molar-refractivity contribution in [2.45, 2.75) is 12.4 Å². The van der Waals surface area contributed by atoms with Crippen LogP contribution in [0.5, 0.6) is 0 Å². The molecule has 2 aliphatic rings. The maximum Gasteiger partial charge on any atom is 0.416 e. The van der Waals surface area contributed by atoms with E-state index < -0.39 is 108 Å². The highest BCUT2D eigenvalue weighted by molar-refractivity contribution is 6.31. The van der Waals surface area contributed by atoms with Gasteiger partial charge >= 0.3 is 12.4 Å². The van der Waals surface area contributed by atoms with Crippen LogP contribution >= 0.6 is 0 Å². The average Bonchev–Trinajstić information content (AvgIpc) is 3.56. The van der Waals surface area contributed by atoms with Crippen molar-refractivity contribution in [1.82, 2.24) is 0 Å². The summed E-state index contributed by atoms with van der Waals surface area (Å²) >= 11 is 0. The van der Waals surface area contributed by atoms with Gasteiger partial charge in [0.05, 0.1) is 27.8 Å². The third-order valence-corrected chi connectivity index (χ3v) is 7.78. The molecule has 0 heterocycles. The van der Waals surface area contributed by atoms with Gasteiger partial charge in [-0.2, -0.15) is 63.2 Å². The van der Waals surface area contributed by atoms with Crippen LogP contribution in [0.4, 0.5) is 35.1 Å². The van der Waals surface area contributed by atoms with Gasteiger partial charge in [-0.15, -0.1) is 0 Å². The molecule has 3 aromatic rings. The molecule has 0 bridgehead atoms. The molecule has 0 saturated heterocycles. The fourth-order valence-electron chi connectivity index (χ4n) is 5.82. The Morgan fingerprint density at radius 1 is 0.480 bits per heavy atom. The van der Waals surface area contributed by atoms with Gasteiger partial charge in [0.2, 0.25) is 0 Å². The van der Waals surface area contributed by atoms with E-state index in [0.717, 1.165) is 6.07 Å². The van der Waals surface area contributed by atoms with Gasteiger partial charge in [-0.25, -0.2) is 8.78 Å². The van der Waals surface area contributed by atoms with Crippen LogP contribution in [0.25, 0.3) is 33.4 Å². The zero-order valence-electron chi connectivity index (χ0n) is 24.2. The monoisotopic (exact) mass is 677 g/mol. The van der Waals surface area contributed by atoms with Gasteiger partial charge in [0.1, 0.15) is 65.3 Å². The molecule has 15 heteroatoms. The van der Waals surface area contributed by atoms with Gasteiger partial charge in [-0.1, -0.05) is 12.1 Å². The summed E-state index contributed by atoms with van der Waals surface area (Å²) in [5.41, 5.74) is -11.6. The number of alkyl halides is 6. The number of allylic oxidation sites excluding steroid dienone is 8. The molecule has 0 atom stereocenters. The second kappa shape index (κ2) is 11.9. The fraction of sp³-hybridized carbons (Fsp3) is 0.0571. The van der Waals surface area contributed by atoms with Crippen LogP contribution in [0.3, 0.4) is 0 Å². The van der Waals surface area contributed by atoms with Crippen LogP contribution < -0.4 is 0 Å². The Kier molecular flexibility index (Phi) is 8.08. The number of halogens is 8. The standard InChI is InChI=1S/C35H7F8N7/c36-26-5-17(34(38,39)40)1-3-19(26)31-23(12-48)21-7-22-28(15(8-44)9-45)32(20-4-2-18(6-27(20)37)35(41,42)43)24(13-49)30(22)25(14-50)33(21)29(31)16(10-46)11-47/h1-7H. The molecule has 0 saturated carbocycles. The van der Waals surface area contributed by atoms with Crippen LogP contribution in [-0.4, -0.2) is 0 Å². The molecule has 7 nitrogen and oxygen atoms in total. The highest BCUT2D eigenvalue weighted by Gasteiger charge is 2.42. The van der Waals surface area contributed by atoms with Crippen molar-refractivity contribution < 1.29 is 35.1 Å². The zero-order valence-corrected chi connectivity index (χ0v) is 24.2. The SMILES string of the molecule is N#CC(C#N)=C1C(c2ccc(C(F)(F)F)cc2F)=C(C#N)c2c1cc1c(c2C#N)C(=C(C#N)C#N)C(c2ccc(C(F)(F)F)cc2F)=C1C#N. The van der Waals surface area contributed by atoms with Gasteiger partial charge in [-0.3, -0.25) is 0 Å². The maximum atomic E-state index is 15.5. The lowest BCUT2D eigenvalue weighted by atomic mass is 9.86. The lowest BCUT2D eigenvalue weighted by Crippen LogP contribution is -2.06. The normalized spacial score (nSPS) is 13.2. The molecule has 0 aromatic heterocycles. The minimum absolute atomic E-state index is 0.107. The molecule has 0 aliphatic heterocycles. The summed E-state index contributed by atoms with van der Waals surface area (Å²) in [6.07, 6.45) is -9.98. The van der Waals surface area contributed by atoms with Gasteiger partial charge in [0, 0.05) is 50.1 Å². The number of hydrogen-bond acceptors (Lipinski definition) is 7. The van der Waals surface area contributed by atoms with Crippen molar-refractivity contribution in [1.29, 1.82) is 36.8 Å². The molecule has 0 N–H and O–H groups in total. The van der Waals surface area contributed by atoms with E-state index >= 15 is 8.78 Å². The third-order valence-electron chi connectivity index (χ3n) is 7.78. The second-order valence-electron chi connectivity index (χ2n) is 10.3. The van der Waals surface area contributed by atoms with Crippen LogP contribution in [0.1, 0.15) is 50.1 Å². The lowest BCUT2D eigenvalue weighted by molar-refractivity contribution is -0.138. The molecule has 238 valence electrons. The molecule has 0 amide bonds. The summed E-state index contributed by atoms with van der Waals surface area (Å²) in [5.74, 6) is -3.08. The zero-order chi connectivity index (χ0) is 36.9. The predicted octanol–water partition coefficient (Wildman–Crippen LogP) is 8.37. The van der Waals surface area contributed by atoms with Gasteiger partial charge in [0.15, 0.2) is 0 Å². The average molecular weight is 677 g/mol. The predicted molar refractivity (Wildman–Crippen MR) is 155 cm³/mol. The van der Waals surface area contributed by atoms with E-state index in [4.69, 9.17) is 0 Å². The number of benzene rings is 3. The van der Waals surface area contributed by atoms with E-state index in [1.807, 2.05) is 0 Å². The number of rotatable bonds is 2. The fourth-order valence-corrected chi connectivity index (χ4v) is 5.82.